The summed E-state index contributed by atoms with van der Waals surface area (Å²) in [7, 11) is 0. The first kappa shape index (κ1) is 13.3. The van der Waals surface area contributed by atoms with E-state index >= 15 is 0 Å². The van der Waals surface area contributed by atoms with Gasteiger partial charge in [0.1, 0.15) is 0 Å². The number of nitrogen functional groups attached to an aromatic ring is 1. The maximum absolute atomic E-state index is 5.98. The van der Waals surface area contributed by atoms with Crippen LogP contribution < -0.4 is 16.4 Å². The number of aryl methyl sites for hydroxylation is 2. The van der Waals surface area contributed by atoms with Crippen molar-refractivity contribution in [2.24, 2.45) is 11.7 Å². The van der Waals surface area contributed by atoms with E-state index in [1.54, 1.807) is 0 Å². The molecule has 0 amide bonds. The summed E-state index contributed by atoms with van der Waals surface area (Å²) in [6.07, 6.45) is 6.01. The van der Waals surface area contributed by atoms with E-state index in [1.807, 2.05) is 11.3 Å². The quantitative estimate of drug-likeness (QED) is 0.886. The van der Waals surface area contributed by atoms with Gasteiger partial charge >= 0.3 is 0 Å². The highest BCUT2D eigenvalue weighted by Crippen LogP contribution is 2.40. The highest BCUT2D eigenvalue weighted by atomic mass is 32.1. The van der Waals surface area contributed by atoms with Crippen molar-refractivity contribution in [3.05, 3.63) is 10.4 Å². The van der Waals surface area contributed by atoms with Gasteiger partial charge in [-0.05, 0) is 50.1 Å². The SMILES string of the molecule is NC[C@H]1CCN(c2nc(N)nc3c4c(sc23)CCCC4)C1. The van der Waals surface area contributed by atoms with Crippen LogP contribution in [0.1, 0.15) is 29.7 Å². The molecule has 4 N–H and O–H groups in total. The van der Waals surface area contributed by atoms with Crippen molar-refractivity contribution in [2.45, 2.75) is 32.1 Å². The van der Waals surface area contributed by atoms with Crippen LogP contribution in [0.5, 0.6) is 0 Å². The van der Waals surface area contributed by atoms with Crippen molar-refractivity contribution in [3.63, 3.8) is 0 Å². The molecule has 21 heavy (non-hydrogen) atoms. The van der Waals surface area contributed by atoms with E-state index in [0.29, 0.717) is 11.9 Å². The number of fused-ring (bicyclic) bond motifs is 3. The standard InChI is InChI=1S/C15H21N5S/c16-7-9-5-6-20(8-9)14-13-12(18-15(17)19-14)10-3-1-2-4-11(10)21-13/h9H,1-8,16H2,(H2,17,18,19)/t9-/m1/s1. The Morgan fingerprint density at radius 1 is 1.24 bits per heavy atom. The molecular formula is C15H21N5S. The lowest BCUT2D eigenvalue weighted by molar-refractivity contribution is 0.602. The fourth-order valence-corrected chi connectivity index (χ4v) is 4.90. The van der Waals surface area contributed by atoms with E-state index in [9.17, 15) is 0 Å². The Morgan fingerprint density at radius 2 is 2.10 bits per heavy atom. The third-order valence-electron chi connectivity index (χ3n) is 4.71. The number of hydrogen-bond acceptors (Lipinski definition) is 6. The van der Waals surface area contributed by atoms with Crippen LogP contribution in [0.25, 0.3) is 10.2 Å². The van der Waals surface area contributed by atoms with Crippen molar-refractivity contribution < 1.29 is 0 Å². The van der Waals surface area contributed by atoms with Crippen molar-refractivity contribution >= 4 is 33.3 Å². The molecule has 0 spiro atoms. The zero-order valence-corrected chi connectivity index (χ0v) is 13.0. The van der Waals surface area contributed by atoms with Crippen LogP contribution in [0, 0.1) is 5.92 Å². The van der Waals surface area contributed by atoms with E-state index in [1.165, 1.54) is 34.4 Å². The normalized spacial score (nSPS) is 22.0. The Labute approximate surface area is 128 Å². The lowest BCUT2D eigenvalue weighted by Crippen LogP contribution is -2.24. The van der Waals surface area contributed by atoms with Crippen LogP contribution in [-0.2, 0) is 12.8 Å². The minimum absolute atomic E-state index is 0.403. The Kier molecular flexibility index (Phi) is 3.23. The molecule has 1 atom stereocenters. The predicted octanol–water partition coefficient (Wildman–Crippen LogP) is 1.94. The van der Waals surface area contributed by atoms with Gasteiger partial charge in [0.05, 0.1) is 10.2 Å². The van der Waals surface area contributed by atoms with E-state index < -0.39 is 0 Å². The Hall–Kier alpha value is -1.40. The van der Waals surface area contributed by atoms with Gasteiger partial charge in [0.15, 0.2) is 5.82 Å². The summed E-state index contributed by atoms with van der Waals surface area (Å²) in [6.45, 7) is 2.77. The summed E-state index contributed by atoms with van der Waals surface area (Å²) in [5.74, 6) is 2.01. The second kappa shape index (κ2) is 5.10. The third kappa shape index (κ3) is 2.17. The molecule has 2 aromatic heterocycles. The first-order chi connectivity index (χ1) is 10.3. The maximum atomic E-state index is 5.98. The molecule has 4 rings (SSSR count). The number of thiophene rings is 1. The van der Waals surface area contributed by atoms with Gasteiger partial charge in [0.25, 0.3) is 0 Å². The molecule has 0 aromatic carbocycles. The zero-order valence-electron chi connectivity index (χ0n) is 12.1. The molecular weight excluding hydrogens is 282 g/mol. The van der Waals surface area contributed by atoms with Gasteiger partial charge in [-0.1, -0.05) is 0 Å². The molecule has 0 unspecified atom stereocenters. The molecule has 1 aliphatic heterocycles. The second-order valence-electron chi connectivity index (χ2n) is 6.13. The zero-order chi connectivity index (χ0) is 14.4. The largest absolute Gasteiger partial charge is 0.368 e. The van der Waals surface area contributed by atoms with Crippen LogP contribution in [-0.4, -0.2) is 29.6 Å². The minimum Gasteiger partial charge on any atom is -0.368 e. The summed E-state index contributed by atoms with van der Waals surface area (Å²) < 4.78 is 1.23. The first-order valence-corrected chi connectivity index (χ1v) is 8.60. The van der Waals surface area contributed by atoms with Crippen LogP contribution >= 0.6 is 11.3 Å². The number of aromatic nitrogens is 2. The second-order valence-corrected chi connectivity index (χ2v) is 7.24. The summed E-state index contributed by atoms with van der Waals surface area (Å²) >= 11 is 1.88. The lowest BCUT2D eigenvalue weighted by atomic mass is 9.98. The molecule has 0 saturated carbocycles. The van der Waals surface area contributed by atoms with E-state index in [-0.39, 0.29) is 0 Å². The molecule has 112 valence electrons. The van der Waals surface area contributed by atoms with E-state index in [4.69, 9.17) is 11.5 Å². The monoisotopic (exact) mass is 303 g/mol. The Balaban J connectivity index is 1.83. The molecule has 1 saturated heterocycles. The number of nitrogens with zero attached hydrogens (tertiary/aromatic N) is 3. The van der Waals surface area contributed by atoms with Gasteiger partial charge in [-0.25, -0.2) is 4.98 Å². The summed E-state index contributed by atoms with van der Waals surface area (Å²) in [5, 5.41) is 0. The smallest absolute Gasteiger partial charge is 0.222 e. The minimum atomic E-state index is 0.403. The lowest BCUT2D eigenvalue weighted by Gasteiger charge is -2.18. The number of hydrogen-bond donors (Lipinski definition) is 2. The topological polar surface area (TPSA) is 81.1 Å². The van der Waals surface area contributed by atoms with Gasteiger partial charge in [-0.3, -0.25) is 0 Å². The molecule has 1 fully saturated rings. The number of nitrogens with two attached hydrogens (primary N) is 2. The molecule has 2 aliphatic rings. The molecule has 1 aliphatic carbocycles. The van der Waals surface area contributed by atoms with Crippen LogP contribution in [0.4, 0.5) is 11.8 Å². The summed E-state index contributed by atoms with van der Waals surface area (Å²) in [4.78, 5) is 12.9. The average Bonchev–Trinajstić information content (AvgIpc) is 3.11. The van der Waals surface area contributed by atoms with Crippen molar-refractivity contribution in [1.82, 2.24) is 9.97 Å². The number of anilines is 2. The summed E-state index contributed by atoms with van der Waals surface area (Å²) in [6, 6.07) is 0. The first-order valence-electron chi connectivity index (χ1n) is 7.79. The van der Waals surface area contributed by atoms with Gasteiger partial charge in [-0.15, -0.1) is 11.3 Å². The average molecular weight is 303 g/mol. The van der Waals surface area contributed by atoms with Gasteiger partial charge in [0, 0.05) is 18.0 Å². The van der Waals surface area contributed by atoms with E-state index in [0.717, 1.165) is 43.8 Å². The number of rotatable bonds is 2. The Morgan fingerprint density at radius 3 is 2.90 bits per heavy atom. The van der Waals surface area contributed by atoms with Crippen molar-refractivity contribution in [1.29, 1.82) is 0 Å². The van der Waals surface area contributed by atoms with Crippen LogP contribution in [0.3, 0.4) is 0 Å². The van der Waals surface area contributed by atoms with E-state index in [2.05, 4.69) is 14.9 Å². The van der Waals surface area contributed by atoms with Crippen molar-refractivity contribution in [2.75, 3.05) is 30.3 Å². The molecule has 5 nitrogen and oxygen atoms in total. The molecule has 0 radical (unpaired) electrons. The fourth-order valence-electron chi connectivity index (χ4n) is 3.55. The molecule has 6 heteroatoms. The highest BCUT2D eigenvalue weighted by molar-refractivity contribution is 7.19. The van der Waals surface area contributed by atoms with Crippen LogP contribution in [0.2, 0.25) is 0 Å². The Bertz CT molecular complexity index is 680. The predicted molar refractivity (Wildman–Crippen MR) is 87.8 cm³/mol. The molecule has 2 aromatic rings. The van der Waals surface area contributed by atoms with Gasteiger partial charge < -0.3 is 16.4 Å². The highest BCUT2D eigenvalue weighted by Gasteiger charge is 2.27. The van der Waals surface area contributed by atoms with Crippen LogP contribution in [0.15, 0.2) is 0 Å². The van der Waals surface area contributed by atoms with Gasteiger partial charge in [-0.2, -0.15) is 4.98 Å². The maximum Gasteiger partial charge on any atom is 0.222 e. The third-order valence-corrected chi connectivity index (χ3v) is 5.99. The fraction of sp³-hybridized carbons (Fsp3) is 0.600. The van der Waals surface area contributed by atoms with Gasteiger partial charge in [0.2, 0.25) is 5.95 Å². The van der Waals surface area contributed by atoms with Crippen molar-refractivity contribution in [3.8, 4) is 0 Å². The summed E-state index contributed by atoms with van der Waals surface area (Å²) in [5.41, 5.74) is 14.3. The molecule has 0 bridgehead atoms. The molecule has 3 heterocycles.